The largest absolute Gasteiger partial charge is 0.493 e. The first-order valence-electron chi connectivity index (χ1n) is 14.2. The Labute approximate surface area is 204 Å². The van der Waals surface area contributed by atoms with Crippen LogP contribution in [-0.2, 0) is 14.3 Å². The van der Waals surface area contributed by atoms with E-state index < -0.39 is 0 Å². The summed E-state index contributed by atoms with van der Waals surface area (Å²) in [5.41, 5.74) is 0.608. The van der Waals surface area contributed by atoms with Crippen LogP contribution >= 0.6 is 0 Å². The van der Waals surface area contributed by atoms with Gasteiger partial charge in [0.2, 0.25) is 5.78 Å². The van der Waals surface area contributed by atoms with E-state index in [-0.39, 0.29) is 17.3 Å². The predicted molar refractivity (Wildman–Crippen MR) is 140 cm³/mol. The molecule has 3 heteroatoms. The molecule has 0 aromatic carbocycles. The van der Waals surface area contributed by atoms with Crippen LogP contribution in [0.1, 0.15) is 148 Å². The first-order valence-corrected chi connectivity index (χ1v) is 14.2. The Bertz CT molecular complexity index is 573. The molecule has 1 rings (SSSR count). The first kappa shape index (κ1) is 29.7. The average Bonchev–Trinajstić information content (AvgIpc) is 2.81. The van der Waals surface area contributed by atoms with Gasteiger partial charge in [0.15, 0.2) is 11.5 Å². The lowest BCUT2D eigenvalue weighted by molar-refractivity contribution is -0.117. The minimum absolute atomic E-state index is 0.120. The zero-order chi connectivity index (χ0) is 24.0. The van der Waals surface area contributed by atoms with Gasteiger partial charge in [-0.3, -0.25) is 9.59 Å². The molecule has 3 nitrogen and oxygen atoms in total. The molecule has 0 fully saturated rings. The third-order valence-electron chi connectivity index (χ3n) is 6.87. The summed E-state index contributed by atoms with van der Waals surface area (Å²) in [6, 6.07) is 0. The fourth-order valence-electron chi connectivity index (χ4n) is 4.72. The van der Waals surface area contributed by atoms with Crippen molar-refractivity contribution in [3.05, 3.63) is 23.5 Å². The quantitative estimate of drug-likeness (QED) is 0.113. The molecule has 0 aromatic rings. The molecule has 33 heavy (non-hydrogen) atoms. The number of ether oxygens (including phenoxy) is 1. The third kappa shape index (κ3) is 16.0. The van der Waals surface area contributed by atoms with E-state index in [2.05, 4.69) is 6.92 Å². The highest BCUT2D eigenvalue weighted by Crippen LogP contribution is 2.20. The van der Waals surface area contributed by atoms with E-state index in [9.17, 15) is 9.59 Å². The molecular weight excluding hydrogens is 408 g/mol. The lowest BCUT2D eigenvalue weighted by atomic mass is 9.96. The molecule has 1 aliphatic carbocycles. The monoisotopic (exact) mass is 460 g/mol. The number of unbranched alkanes of at least 4 members (excludes halogenated alkanes) is 20. The minimum Gasteiger partial charge on any atom is -0.493 e. The van der Waals surface area contributed by atoms with Crippen molar-refractivity contribution in [1.82, 2.24) is 0 Å². The maximum absolute atomic E-state index is 12.1. The van der Waals surface area contributed by atoms with Crippen LogP contribution in [0.4, 0.5) is 0 Å². The zero-order valence-corrected chi connectivity index (χ0v) is 21.9. The van der Waals surface area contributed by atoms with Crippen molar-refractivity contribution >= 4 is 11.6 Å². The molecule has 0 saturated heterocycles. The van der Waals surface area contributed by atoms with E-state index in [1.54, 1.807) is 0 Å². The van der Waals surface area contributed by atoms with Crippen LogP contribution in [0.15, 0.2) is 23.5 Å². The third-order valence-corrected chi connectivity index (χ3v) is 6.87. The van der Waals surface area contributed by atoms with Crippen LogP contribution in [0.3, 0.4) is 0 Å². The van der Waals surface area contributed by atoms with Crippen molar-refractivity contribution in [1.29, 1.82) is 0 Å². The van der Waals surface area contributed by atoms with E-state index in [0.29, 0.717) is 12.0 Å². The number of carbonyl (C=O) groups excluding carboxylic acids is 2. The molecule has 0 heterocycles. The number of allylic oxidation sites excluding steroid dienone is 3. The molecule has 0 saturated carbocycles. The van der Waals surface area contributed by atoms with Gasteiger partial charge in [-0.05, 0) is 18.9 Å². The maximum Gasteiger partial charge on any atom is 0.223 e. The molecule has 1 aliphatic rings. The van der Waals surface area contributed by atoms with Gasteiger partial charge in [-0.1, -0.05) is 135 Å². The number of methoxy groups -OCH3 is 1. The standard InChI is InChI=1S/C30H52O3/c1-3-4-5-6-7-8-9-10-11-12-13-14-15-16-17-18-19-20-21-22-23-24-27-25-28(31)26-29(33-2)30(27)32/h25-26H,3-24H2,1-2H3. The Hall–Kier alpha value is -1.38. The molecule has 0 unspecified atom stereocenters. The first-order chi connectivity index (χ1) is 16.2. The van der Waals surface area contributed by atoms with Gasteiger partial charge < -0.3 is 4.74 Å². The molecular formula is C30H52O3. The Morgan fingerprint density at radius 3 is 1.27 bits per heavy atom. The number of Topliss-reactive ketones (excluding diaryl/α,β-unsaturated/α-hetero) is 1. The van der Waals surface area contributed by atoms with E-state index in [1.807, 2.05) is 0 Å². The average molecular weight is 461 g/mol. The SMILES string of the molecule is CCCCCCCCCCCCCCCCCCCCCCCC1=CC(=O)C=C(OC)C1=O. The Balaban J connectivity index is 1.78. The summed E-state index contributed by atoms with van der Waals surface area (Å²) in [6.07, 6.45) is 32.1. The number of rotatable bonds is 23. The lowest BCUT2D eigenvalue weighted by Gasteiger charge is -2.12. The number of ketones is 2. The second-order valence-corrected chi connectivity index (χ2v) is 9.93. The summed E-state index contributed by atoms with van der Waals surface area (Å²) in [7, 11) is 1.44. The molecule has 0 aromatic heterocycles. The van der Waals surface area contributed by atoms with Gasteiger partial charge in [0, 0.05) is 11.6 Å². The Morgan fingerprint density at radius 2 is 0.909 bits per heavy atom. The topological polar surface area (TPSA) is 43.4 Å². The number of carbonyl (C=O) groups is 2. The van der Waals surface area contributed by atoms with E-state index >= 15 is 0 Å². The maximum atomic E-state index is 12.1. The molecule has 0 atom stereocenters. The Kier molecular flexibility index (Phi) is 19.0. The highest BCUT2D eigenvalue weighted by Gasteiger charge is 2.21. The fourth-order valence-corrected chi connectivity index (χ4v) is 4.72. The van der Waals surface area contributed by atoms with Crippen molar-refractivity contribution in [2.75, 3.05) is 7.11 Å². The highest BCUT2D eigenvalue weighted by molar-refractivity contribution is 6.19. The van der Waals surface area contributed by atoms with Crippen LogP contribution in [-0.4, -0.2) is 18.7 Å². The zero-order valence-electron chi connectivity index (χ0n) is 21.9. The molecule has 0 bridgehead atoms. The van der Waals surface area contributed by atoms with Crippen LogP contribution in [0, 0.1) is 0 Å². The van der Waals surface area contributed by atoms with E-state index in [4.69, 9.17) is 4.74 Å². The molecule has 0 spiro atoms. The van der Waals surface area contributed by atoms with Crippen molar-refractivity contribution in [3.8, 4) is 0 Å². The van der Waals surface area contributed by atoms with Crippen LogP contribution in [0.5, 0.6) is 0 Å². The molecule has 0 amide bonds. The molecule has 0 N–H and O–H groups in total. The molecule has 0 radical (unpaired) electrons. The fraction of sp³-hybridized carbons (Fsp3) is 0.800. The number of hydrogen-bond donors (Lipinski definition) is 0. The van der Waals surface area contributed by atoms with Crippen LogP contribution in [0.25, 0.3) is 0 Å². The summed E-state index contributed by atoms with van der Waals surface area (Å²) in [5, 5.41) is 0. The summed E-state index contributed by atoms with van der Waals surface area (Å²) >= 11 is 0. The van der Waals surface area contributed by atoms with E-state index in [1.165, 1.54) is 141 Å². The van der Waals surface area contributed by atoms with Crippen LogP contribution < -0.4 is 0 Å². The van der Waals surface area contributed by atoms with Gasteiger partial charge in [-0.2, -0.15) is 0 Å². The van der Waals surface area contributed by atoms with Crippen LogP contribution in [0.2, 0.25) is 0 Å². The van der Waals surface area contributed by atoms with E-state index in [0.717, 1.165) is 12.8 Å². The van der Waals surface area contributed by atoms with Crippen molar-refractivity contribution in [2.24, 2.45) is 0 Å². The van der Waals surface area contributed by atoms with Crippen molar-refractivity contribution in [3.63, 3.8) is 0 Å². The van der Waals surface area contributed by atoms with Gasteiger partial charge in [-0.15, -0.1) is 0 Å². The lowest BCUT2D eigenvalue weighted by Crippen LogP contribution is -2.15. The second-order valence-electron chi connectivity index (χ2n) is 9.93. The summed E-state index contributed by atoms with van der Waals surface area (Å²) in [4.78, 5) is 23.7. The van der Waals surface area contributed by atoms with Gasteiger partial charge >= 0.3 is 0 Å². The minimum atomic E-state index is -0.134. The van der Waals surface area contributed by atoms with Gasteiger partial charge in [-0.25, -0.2) is 0 Å². The second kappa shape index (κ2) is 21.2. The smallest absolute Gasteiger partial charge is 0.223 e. The summed E-state index contributed by atoms with van der Waals surface area (Å²) < 4.78 is 5.00. The number of hydrogen-bond acceptors (Lipinski definition) is 3. The molecule has 190 valence electrons. The van der Waals surface area contributed by atoms with Gasteiger partial charge in [0.1, 0.15) is 0 Å². The van der Waals surface area contributed by atoms with Crippen molar-refractivity contribution < 1.29 is 14.3 Å². The highest BCUT2D eigenvalue weighted by atomic mass is 16.5. The summed E-state index contributed by atoms with van der Waals surface area (Å²) in [6.45, 7) is 2.29. The van der Waals surface area contributed by atoms with Gasteiger partial charge in [0.25, 0.3) is 0 Å². The molecule has 0 aliphatic heterocycles. The summed E-state index contributed by atoms with van der Waals surface area (Å²) in [5.74, 6) is -0.0730. The van der Waals surface area contributed by atoms with Crippen molar-refractivity contribution in [2.45, 2.75) is 148 Å². The predicted octanol–water partition coefficient (Wildman–Crippen LogP) is 9.20. The Morgan fingerprint density at radius 1 is 0.545 bits per heavy atom. The normalized spacial score (nSPS) is 13.9. The van der Waals surface area contributed by atoms with Gasteiger partial charge in [0.05, 0.1) is 7.11 Å².